The van der Waals surface area contributed by atoms with E-state index in [9.17, 15) is 4.39 Å². The number of hydrogen-bond acceptors (Lipinski definition) is 5. The van der Waals surface area contributed by atoms with Crippen LogP contribution in [0.3, 0.4) is 0 Å². The van der Waals surface area contributed by atoms with Gasteiger partial charge < -0.3 is 9.73 Å². The lowest BCUT2D eigenvalue weighted by Crippen LogP contribution is -2.03. The Labute approximate surface area is 130 Å². The molecule has 0 aliphatic heterocycles. The lowest BCUT2D eigenvalue weighted by Gasteiger charge is -2.06. The second kappa shape index (κ2) is 5.53. The van der Waals surface area contributed by atoms with Crippen LogP contribution in [-0.2, 0) is 6.54 Å². The quantitative estimate of drug-likeness (QED) is 0.627. The van der Waals surface area contributed by atoms with Crippen LogP contribution >= 0.6 is 0 Å². The molecule has 4 rings (SSSR count). The molecule has 1 N–H and O–H groups in total. The Morgan fingerprint density at radius 1 is 1.13 bits per heavy atom. The second-order valence-electron chi connectivity index (χ2n) is 4.90. The molecule has 0 unspecified atom stereocenters. The summed E-state index contributed by atoms with van der Waals surface area (Å²) >= 11 is 0. The van der Waals surface area contributed by atoms with Gasteiger partial charge in [0.15, 0.2) is 5.65 Å². The Hall–Kier alpha value is -3.22. The van der Waals surface area contributed by atoms with E-state index in [1.807, 2.05) is 12.1 Å². The highest BCUT2D eigenvalue weighted by Gasteiger charge is 2.13. The van der Waals surface area contributed by atoms with Crippen molar-refractivity contribution < 1.29 is 8.81 Å². The fraction of sp³-hybridized carbons (Fsp3) is 0.0625. The highest BCUT2D eigenvalue weighted by molar-refractivity contribution is 5.87. The van der Waals surface area contributed by atoms with Crippen LogP contribution in [0.1, 0.15) is 5.76 Å². The van der Waals surface area contributed by atoms with E-state index < -0.39 is 0 Å². The summed E-state index contributed by atoms with van der Waals surface area (Å²) in [7, 11) is 0. The van der Waals surface area contributed by atoms with Crippen LogP contribution < -0.4 is 5.32 Å². The van der Waals surface area contributed by atoms with Crippen molar-refractivity contribution in [2.45, 2.75) is 6.54 Å². The minimum Gasteiger partial charge on any atom is -0.467 e. The van der Waals surface area contributed by atoms with Gasteiger partial charge in [-0.1, -0.05) is 12.1 Å². The third-order valence-corrected chi connectivity index (χ3v) is 3.46. The Kier molecular flexibility index (Phi) is 3.23. The van der Waals surface area contributed by atoms with Gasteiger partial charge in [0.2, 0.25) is 0 Å². The highest BCUT2D eigenvalue weighted by atomic mass is 19.1. The van der Waals surface area contributed by atoms with E-state index in [2.05, 4.69) is 20.4 Å². The molecular formula is C16H12FN5O. The number of para-hydroxylation sites is 1. The van der Waals surface area contributed by atoms with Crippen LogP contribution in [0.2, 0.25) is 0 Å². The minimum atomic E-state index is -0.360. The van der Waals surface area contributed by atoms with Crippen molar-refractivity contribution in [2.24, 2.45) is 0 Å². The van der Waals surface area contributed by atoms with E-state index in [4.69, 9.17) is 4.42 Å². The first-order chi connectivity index (χ1) is 11.3. The average molecular weight is 309 g/mol. The van der Waals surface area contributed by atoms with E-state index in [1.165, 1.54) is 17.1 Å². The van der Waals surface area contributed by atoms with E-state index >= 15 is 0 Å². The first kappa shape index (κ1) is 13.4. The molecule has 0 aliphatic rings. The summed E-state index contributed by atoms with van der Waals surface area (Å²) < 4.78 is 20.7. The Morgan fingerprint density at radius 3 is 2.87 bits per heavy atom. The summed E-state index contributed by atoms with van der Waals surface area (Å²) in [6, 6.07) is 10.1. The fourth-order valence-electron chi connectivity index (χ4n) is 2.37. The zero-order chi connectivity index (χ0) is 15.6. The monoisotopic (exact) mass is 309 g/mol. The third-order valence-electron chi connectivity index (χ3n) is 3.46. The molecule has 3 aromatic heterocycles. The molecule has 0 bridgehead atoms. The molecule has 6 nitrogen and oxygen atoms in total. The van der Waals surface area contributed by atoms with E-state index in [-0.39, 0.29) is 5.82 Å². The number of nitrogens with one attached hydrogen (secondary N) is 1. The maximum atomic E-state index is 14.0. The number of aromatic nitrogens is 4. The minimum absolute atomic E-state index is 0.346. The summed E-state index contributed by atoms with van der Waals surface area (Å²) in [5.41, 5.74) is 0.880. The Bertz CT molecular complexity index is 948. The van der Waals surface area contributed by atoms with Crippen LogP contribution in [0.5, 0.6) is 0 Å². The number of anilines is 1. The van der Waals surface area contributed by atoms with Crippen molar-refractivity contribution in [2.75, 3.05) is 5.32 Å². The van der Waals surface area contributed by atoms with Gasteiger partial charge in [0.25, 0.3) is 0 Å². The molecule has 114 valence electrons. The number of rotatable bonds is 4. The first-order valence-electron chi connectivity index (χ1n) is 7.03. The SMILES string of the molecule is Fc1ccccc1-n1ncc2c(NCc3ccco3)ncnc21. The zero-order valence-corrected chi connectivity index (χ0v) is 12.0. The van der Waals surface area contributed by atoms with Crippen molar-refractivity contribution in [3.05, 3.63) is 66.8 Å². The molecule has 0 aliphatic carbocycles. The summed E-state index contributed by atoms with van der Waals surface area (Å²) in [5, 5.41) is 8.13. The maximum absolute atomic E-state index is 14.0. The van der Waals surface area contributed by atoms with Crippen molar-refractivity contribution in [1.29, 1.82) is 0 Å². The summed E-state index contributed by atoms with van der Waals surface area (Å²) in [5.74, 6) is 1.05. The smallest absolute Gasteiger partial charge is 0.168 e. The number of fused-ring (bicyclic) bond motifs is 1. The lowest BCUT2D eigenvalue weighted by molar-refractivity contribution is 0.518. The number of halogens is 1. The predicted molar refractivity (Wildman–Crippen MR) is 82.7 cm³/mol. The molecule has 0 radical (unpaired) electrons. The number of furan rings is 1. The van der Waals surface area contributed by atoms with Crippen molar-refractivity contribution in [1.82, 2.24) is 19.7 Å². The standard InChI is InChI=1S/C16H12FN5O/c17-13-5-1-2-6-14(13)22-16-12(9-21-22)15(19-10-20-16)18-8-11-4-3-7-23-11/h1-7,9-10H,8H2,(H,18,19,20). The van der Waals surface area contributed by atoms with Crippen molar-refractivity contribution >= 4 is 16.9 Å². The average Bonchev–Trinajstić information content (AvgIpc) is 3.23. The lowest BCUT2D eigenvalue weighted by atomic mass is 10.3. The van der Waals surface area contributed by atoms with Crippen molar-refractivity contribution in [3.8, 4) is 5.69 Å². The molecule has 7 heteroatoms. The molecule has 0 fully saturated rings. The molecular weight excluding hydrogens is 297 g/mol. The summed E-state index contributed by atoms with van der Waals surface area (Å²) in [6.07, 6.45) is 4.65. The van der Waals surface area contributed by atoms with Gasteiger partial charge in [-0.3, -0.25) is 0 Å². The van der Waals surface area contributed by atoms with Crippen molar-refractivity contribution in [3.63, 3.8) is 0 Å². The predicted octanol–water partition coefficient (Wildman–Crippen LogP) is 3.16. The molecule has 4 aromatic rings. The van der Waals surface area contributed by atoms with Crippen LogP contribution in [0.4, 0.5) is 10.2 Å². The van der Waals surface area contributed by atoms with Gasteiger partial charge in [-0.05, 0) is 24.3 Å². The summed E-state index contributed by atoms with van der Waals surface area (Å²) in [4.78, 5) is 8.45. The molecule has 1 aromatic carbocycles. The molecule has 0 atom stereocenters. The third kappa shape index (κ3) is 2.42. The van der Waals surface area contributed by atoms with Gasteiger partial charge in [0.1, 0.15) is 29.4 Å². The largest absolute Gasteiger partial charge is 0.467 e. The van der Waals surface area contributed by atoms with Gasteiger partial charge in [-0.15, -0.1) is 0 Å². The van der Waals surface area contributed by atoms with E-state index in [1.54, 1.807) is 30.7 Å². The molecule has 0 amide bonds. The summed E-state index contributed by atoms with van der Waals surface area (Å²) in [6.45, 7) is 0.490. The molecule has 0 spiro atoms. The molecule has 0 saturated heterocycles. The van der Waals surface area contributed by atoms with E-state index in [0.29, 0.717) is 29.1 Å². The van der Waals surface area contributed by atoms with Crippen LogP contribution in [0.15, 0.2) is 59.6 Å². The second-order valence-corrected chi connectivity index (χ2v) is 4.90. The van der Waals surface area contributed by atoms with E-state index in [0.717, 1.165) is 5.76 Å². The zero-order valence-electron chi connectivity index (χ0n) is 12.0. The van der Waals surface area contributed by atoms with Gasteiger partial charge in [0.05, 0.1) is 24.4 Å². The number of nitrogens with zero attached hydrogens (tertiary/aromatic N) is 4. The fourth-order valence-corrected chi connectivity index (χ4v) is 2.37. The normalized spacial score (nSPS) is 11.0. The number of hydrogen-bond donors (Lipinski definition) is 1. The molecule has 0 saturated carbocycles. The van der Waals surface area contributed by atoms with Gasteiger partial charge >= 0.3 is 0 Å². The van der Waals surface area contributed by atoms with Crippen LogP contribution in [0, 0.1) is 5.82 Å². The topological polar surface area (TPSA) is 68.8 Å². The Morgan fingerprint density at radius 2 is 2.04 bits per heavy atom. The van der Waals surface area contributed by atoms with Gasteiger partial charge in [-0.25, -0.2) is 19.0 Å². The van der Waals surface area contributed by atoms with Crippen LogP contribution in [-0.4, -0.2) is 19.7 Å². The Balaban J connectivity index is 1.73. The maximum Gasteiger partial charge on any atom is 0.168 e. The molecule has 23 heavy (non-hydrogen) atoms. The van der Waals surface area contributed by atoms with Gasteiger partial charge in [0, 0.05) is 0 Å². The highest BCUT2D eigenvalue weighted by Crippen LogP contribution is 2.23. The number of benzene rings is 1. The van der Waals surface area contributed by atoms with Gasteiger partial charge in [-0.2, -0.15) is 5.10 Å². The van der Waals surface area contributed by atoms with Crippen LogP contribution in [0.25, 0.3) is 16.7 Å². The molecule has 3 heterocycles. The first-order valence-corrected chi connectivity index (χ1v) is 7.03.